The lowest BCUT2D eigenvalue weighted by atomic mass is 10.0. The number of rotatable bonds is 5. The van der Waals surface area contributed by atoms with Crippen LogP contribution < -0.4 is 10.2 Å². The summed E-state index contributed by atoms with van der Waals surface area (Å²) in [5.41, 5.74) is 1.07. The van der Waals surface area contributed by atoms with Gasteiger partial charge in [0, 0.05) is 32.5 Å². The molecule has 7 nitrogen and oxygen atoms in total. The summed E-state index contributed by atoms with van der Waals surface area (Å²) in [5.74, 6) is 0.674. The van der Waals surface area contributed by atoms with Crippen LogP contribution in [0, 0.1) is 5.82 Å². The van der Waals surface area contributed by atoms with Gasteiger partial charge in [0.25, 0.3) is 0 Å². The Balaban J connectivity index is 1.31. The second kappa shape index (κ2) is 7.51. The molecule has 1 spiro atoms. The number of nitrogens with one attached hydrogen (secondary N) is 1. The fraction of sp³-hybridized carbons (Fsp3) is 0.500. The highest BCUT2D eigenvalue weighted by Gasteiger charge is 2.40. The number of halogens is 1. The van der Waals surface area contributed by atoms with Crippen molar-refractivity contribution in [2.75, 3.05) is 43.1 Å². The number of benzene rings is 1. The molecule has 2 aliphatic rings. The minimum Gasteiger partial charge on any atom is -0.368 e. The Bertz CT molecular complexity index is 727. The molecule has 2 aromatic rings. The second-order valence-electron chi connectivity index (χ2n) is 6.54. The first-order chi connectivity index (χ1) is 12.7. The zero-order valence-corrected chi connectivity index (χ0v) is 14.5. The van der Waals surface area contributed by atoms with E-state index in [2.05, 4.69) is 25.4 Å². The maximum absolute atomic E-state index is 12.9. The first-order valence-corrected chi connectivity index (χ1v) is 8.93. The van der Waals surface area contributed by atoms with Gasteiger partial charge in [-0.3, -0.25) is 0 Å². The van der Waals surface area contributed by atoms with E-state index in [4.69, 9.17) is 9.47 Å². The normalized spacial score (nSPS) is 19.0. The number of ether oxygens (including phenoxy) is 2. The molecule has 0 radical (unpaired) electrons. The van der Waals surface area contributed by atoms with E-state index in [1.54, 1.807) is 18.3 Å². The maximum atomic E-state index is 12.9. The van der Waals surface area contributed by atoms with Crippen LogP contribution in [-0.4, -0.2) is 53.8 Å². The molecule has 3 heterocycles. The van der Waals surface area contributed by atoms with Crippen molar-refractivity contribution in [3.05, 3.63) is 41.8 Å². The van der Waals surface area contributed by atoms with Crippen LogP contribution in [0.15, 0.2) is 30.5 Å². The van der Waals surface area contributed by atoms with Crippen molar-refractivity contribution in [1.82, 2.24) is 15.2 Å². The summed E-state index contributed by atoms with van der Waals surface area (Å²) in [6.07, 6.45) is 4.00. The van der Waals surface area contributed by atoms with Crippen molar-refractivity contribution in [2.45, 2.75) is 25.0 Å². The summed E-state index contributed by atoms with van der Waals surface area (Å²) in [7, 11) is 0. The van der Waals surface area contributed by atoms with Gasteiger partial charge in [0.15, 0.2) is 11.6 Å². The second-order valence-corrected chi connectivity index (χ2v) is 6.54. The molecular weight excluding hydrogens is 337 g/mol. The summed E-state index contributed by atoms with van der Waals surface area (Å²) < 4.78 is 24.4. The highest BCUT2D eigenvalue weighted by atomic mass is 19.1. The van der Waals surface area contributed by atoms with E-state index < -0.39 is 5.79 Å². The lowest BCUT2D eigenvalue weighted by Crippen LogP contribution is -2.45. The Morgan fingerprint density at radius 2 is 1.85 bits per heavy atom. The Morgan fingerprint density at radius 1 is 1.12 bits per heavy atom. The number of piperidine rings is 1. The summed E-state index contributed by atoms with van der Waals surface area (Å²) in [6.45, 7) is 3.59. The van der Waals surface area contributed by atoms with E-state index in [9.17, 15) is 4.39 Å². The Morgan fingerprint density at radius 3 is 2.58 bits per heavy atom. The van der Waals surface area contributed by atoms with Crippen LogP contribution in [-0.2, 0) is 15.9 Å². The minimum atomic E-state index is -0.408. The van der Waals surface area contributed by atoms with Gasteiger partial charge < -0.3 is 19.7 Å². The average molecular weight is 359 g/mol. The Kier molecular flexibility index (Phi) is 4.94. The summed E-state index contributed by atoms with van der Waals surface area (Å²) >= 11 is 0. The molecule has 0 unspecified atom stereocenters. The van der Waals surface area contributed by atoms with Gasteiger partial charge in [-0.05, 0) is 24.1 Å². The first kappa shape index (κ1) is 17.1. The molecule has 0 bridgehead atoms. The van der Waals surface area contributed by atoms with E-state index in [0.29, 0.717) is 31.5 Å². The van der Waals surface area contributed by atoms with Gasteiger partial charge in [-0.2, -0.15) is 10.1 Å². The predicted molar refractivity (Wildman–Crippen MR) is 94.5 cm³/mol. The molecule has 4 rings (SSSR count). The van der Waals surface area contributed by atoms with Crippen LogP contribution in [0.1, 0.15) is 18.4 Å². The molecule has 2 aliphatic heterocycles. The van der Waals surface area contributed by atoms with E-state index in [1.165, 1.54) is 12.1 Å². The molecule has 26 heavy (non-hydrogen) atoms. The van der Waals surface area contributed by atoms with Gasteiger partial charge in [-0.25, -0.2) is 4.39 Å². The third kappa shape index (κ3) is 3.91. The number of anilines is 2. The van der Waals surface area contributed by atoms with Crippen molar-refractivity contribution < 1.29 is 13.9 Å². The van der Waals surface area contributed by atoms with E-state index in [-0.39, 0.29) is 5.82 Å². The molecule has 138 valence electrons. The number of hydrogen-bond acceptors (Lipinski definition) is 7. The van der Waals surface area contributed by atoms with Crippen molar-refractivity contribution >= 4 is 11.8 Å². The fourth-order valence-corrected chi connectivity index (χ4v) is 3.33. The highest BCUT2D eigenvalue weighted by molar-refractivity contribution is 5.39. The number of hydrogen-bond donors (Lipinski definition) is 1. The van der Waals surface area contributed by atoms with E-state index in [1.807, 2.05) is 0 Å². The molecule has 1 aromatic heterocycles. The standard InChI is InChI=1S/C18H22FN5O2/c19-15-3-1-14(2-4-15)5-8-20-16-13-21-23-17(22-16)24-9-6-18(7-10-24)25-11-12-26-18/h1-4,13H,5-12H2,(H,20,22,23). The van der Waals surface area contributed by atoms with Crippen molar-refractivity contribution in [2.24, 2.45) is 0 Å². The zero-order valence-electron chi connectivity index (χ0n) is 14.5. The van der Waals surface area contributed by atoms with Gasteiger partial charge in [-0.15, -0.1) is 5.10 Å². The lowest BCUT2D eigenvalue weighted by molar-refractivity contribution is -0.169. The van der Waals surface area contributed by atoms with Gasteiger partial charge >= 0.3 is 0 Å². The SMILES string of the molecule is Fc1ccc(CCNc2cnnc(N3CCC4(CC3)OCCO4)n2)cc1. The molecule has 0 atom stereocenters. The molecule has 0 saturated carbocycles. The summed E-state index contributed by atoms with van der Waals surface area (Å²) in [5, 5.41) is 11.5. The fourth-order valence-electron chi connectivity index (χ4n) is 3.33. The summed E-state index contributed by atoms with van der Waals surface area (Å²) in [6, 6.07) is 6.52. The molecule has 2 saturated heterocycles. The molecule has 8 heteroatoms. The van der Waals surface area contributed by atoms with Crippen LogP contribution in [0.3, 0.4) is 0 Å². The Hall–Kier alpha value is -2.32. The molecule has 1 N–H and O–H groups in total. The predicted octanol–water partition coefficient (Wildman–Crippen LogP) is 2.01. The van der Waals surface area contributed by atoms with Crippen LogP contribution in [0.4, 0.5) is 16.2 Å². The van der Waals surface area contributed by atoms with Crippen LogP contribution in [0.5, 0.6) is 0 Å². The number of nitrogens with zero attached hydrogens (tertiary/aromatic N) is 4. The van der Waals surface area contributed by atoms with E-state index >= 15 is 0 Å². The van der Waals surface area contributed by atoms with Crippen molar-refractivity contribution in [1.29, 1.82) is 0 Å². The maximum Gasteiger partial charge on any atom is 0.247 e. The van der Waals surface area contributed by atoms with Gasteiger partial charge in [0.2, 0.25) is 5.95 Å². The molecule has 1 aromatic carbocycles. The molecule has 2 fully saturated rings. The van der Waals surface area contributed by atoms with Crippen molar-refractivity contribution in [3.8, 4) is 0 Å². The molecule has 0 amide bonds. The zero-order chi connectivity index (χ0) is 17.8. The van der Waals surface area contributed by atoms with Crippen LogP contribution in [0.25, 0.3) is 0 Å². The lowest BCUT2D eigenvalue weighted by Gasteiger charge is -2.37. The third-order valence-corrected chi connectivity index (χ3v) is 4.80. The van der Waals surface area contributed by atoms with Gasteiger partial charge in [0.05, 0.1) is 19.4 Å². The molecule has 0 aliphatic carbocycles. The summed E-state index contributed by atoms with van der Waals surface area (Å²) in [4.78, 5) is 6.66. The van der Waals surface area contributed by atoms with E-state index in [0.717, 1.165) is 37.9 Å². The van der Waals surface area contributed by atoms with Crippen LogP contribution in [0.2, 0.25) is 0 Å². The number of aromatic nitrogens is 3. The monoisotopic (exact) mass is 359 g/mol. The third-order valence-electron chi connectivity index (χ3n) is 4.80. The van der Waals surface area contributed by atoms with Gasteiger partial charge in [0.1, 0.15) is 5.82 Å². The minimum absolute atomic E-state index is 0.219. The first-order valence-electron chi connectivity index (χ1n) is 8.93. The smallest absolute Gasteiger partial charge is 0.247 e. The Labute approximate surface area is 151 Å². The molecular formula is C18H22FN5O2. The average Bonchev–Trinajstić information content (AvgIpc) is 3.12. The highest BCUT2D eigenvalue weighted by Crippen LogP contribution is 2.32. The largest absolute Gasteiger partial charge is 0.368 e. The van der Waals surface area contributed by atoms with Crippen LogP contribution >= 0.6 is 0 Å². The van der Waals surface area contributed by atoms with Crippen molar-refractivity contribution in [3.63, 3.8) is 0 Å². The quantitative estimate of drug-likeness (QED) is 0.875. The van der Waals surface area contributed by atoms with Gasteiger partial charge in [-0.1, -0.05) is 12.1 Å². The topological polar surface area (TPSA) is 72.4 Å².